The quantitative estimate of drug-likeness (QED) is 0.716. The van der Waals surface area contributed by atoms with Crippen molar-refractivity contribution >= 4 is 16.8 Å². The van der Waals surface area contributed by atoms with Gasteiger partial charge < -0.3 is 4.90 Å². The van der Waals surface area contributed by atoms with Crippen LogP contribution >= 0.6 is 0 Å². The number of halogens is 1. The molecule has 25 heavy (non-hydrogen) atoms. The molecule has 5 nitrogen and oxygen atoms in total. The van der Waals surface area contributed by atoms with E-state index < -0.39 is 0 Å². The van der Waals surface area contributed by atoms with Crippen molar-refractivity contribution < 1.29 is 9.18 Å². The summed E-state index contributed by atoms with van der Waals surface area (Å²) >= 11 is 0. The van der Waals surface area contributed by atoms with E-state index in [-0.39, 0.29) is 23.7 Å². The highest BCUT2D eigenvalue weighted by Crippen LogP contribution is 2.09. The predicted molar refractivity (Wildman–Crippen MR) is 93.7 cm³/mol. The van der Waals surface area contributed by atoms with Gasteiger partial charge in [-0.2, -0.15) is 5.10 Å². The van der Waals surface area contributed by atoms with Gasteiger partial charge >= 0.3 is 0 Å². The Kier molecular flexibility index (Phi) is 4.88. The van der Waals surface area contributed by atoms with Crippen molar-refractivity contribution in [2.75, 3.05) is 13.6 Å². The molecule has 0 saturated carbocycles. The van der Waals surface area contributed by atoms with Gasteiger partial charge in [0.1, 0.15) is 12.4 Å². The van der Waals surface area contributed by atoms with E-state index in [1.165, 1.54) is 23.0 Å². The number of amides is 1. The van der Waals surface area contributed by atoms with E-state index in [9.17, 15) is 14.0 Å². The maximum Gasteiger partial charge on any atom is 0.244 e. The molecule has 0 spiro atoms. The second kappa shape index (κ2) is 7.25. The molecule has 0 radical (unpaired) electrons. The Morgan fingerprint density at radius 1 is 1.16 bits per heavy atom. The van der Waals surface area contributed by atoms with Crippen molar-refractivity contribution in [1.82, 2.24) is 14.7 Å². The van der Waals surface area contributed by atoms with E-state index in [1.807, 2.05) is 6.07 Å². The van der Waals surface area contributed by atoms with E-state index in [0.29, 0.717) is 23.9 Å². The molecule has 128 valence electrons. The molecule has 1 heterocycles. The van der Waals surface area contributed by atoms with Crippen LogP contribution < -0.4 is 5.43 Å². The zero-order valence-electron chi connectivity index (χ0n) is 13.9. The van der Waals surface area contributed by atoms with Crippen LogP contribution in [0, 0.1) is 5.82 Å². The first-order valence-corrected chi connectivity index (χ1v) is 7.98. The molecule has 0 bridgehead atoms. The SMILES string of the molecule is CN(CCc1ccc(F)cc1)C(=O)Cn1ncc(=O)c2ccccc21. The molecule has 0 aliphatic rings. The number of likely N-dealkylation sites (N-methyl/N-ethyl adjacent to an activating group) is 1. The van der Waals surface area contributed by atoms with E-state index in [1.54, 1.807) is 42.3 Å². The number of carbonyl (C=O) groups is 1. The second-order valence-corrected chi connectivity index (χ2v) is 5.88. The van der Waals surface area contributed by atoms with Gasteiger partial charge in [0, 0.05) is 19.0 Å². The lowest BCUT2D eigenvalue weighted by atomic mass is 10.1. The Hall–Kier alpha value is -3.02. The fourth-order valence-electron chi connectivity index (χ4n) is 2.61. The number of para-hydroxylation sites is 1. The Morgan fingerprint density at radius 2 is 1.88 bits per heavy atom. The van der Waals surface area contributed by atoms with E-state index in [0.717, 1.165) is 5.56 Å². The molecule has 1 amide bonds. The summed E-state index contributed by atoms with van der Waals surface area (Å²) in [5.74, 6) is -0.382. The molecule has 0 fully saturated rings. The van der Waals surface area contributed by atoms with Gasteiger partial charge in [-0.05, 0) is 36.2 Å². The summed E-state index contributed by atoms with van der Waals surface area (Å²) in [7, 11) is 1.72. The molecule has 0 aliphatic carbocycles. The first-order valence-electron chi connectivity index (χ1n) is 7.98. The fraction of sp³-hybridized carbons (Fsp3) is 0.211. The Balaban J connectivity index is 1.68. The molecule has 0 N–H and O–H groups in total. The monoisotopic (exact) mass is 339 g/mol. The summed E-state index contributed by atoms with van der Waals surface area (Å²) in [4.78, 5) is 25.9. The average Bonchev–Trinajstić information content (AvgIpc) is 2.63. The topological polar surface area (TPSA) is 55.2 Å². The number of hydrogen-bond donors (Lipinski definition) is 0. The van der Waals surface area contributed by atoms with Crippen LogP contribution in [0.5, 0.6) is 0 Å². The summed E-state index contributed by atoms with van der Waals surface area (Å²) in [6.45, 7) is 0.573. The third kappa shape index (κ3) is 3.91. The first kappa shape index (κ1) is 16.8. The minimum atomic E-state index is -0.274. The van der Waals surface area contributed by atoms with Gasteiger partial charge in [0.2, 0.25) is 11.3 Å². The van der Waals surface area contributed by atoms with Crippen molar-refractivity contribution in [2.24, 2.45) is 0 Å². The van der Waals surface area contributed by atoms with Crippen LogP contribution in [0.3, 0.4) is 0 Å². The number of fused-ring (bicyclic) bond motifs is 1. The van der Waals surface area contributed by atoms with E-state index in [4.69, 9.17) is 0 Å². The number of aromatic nitrogens is 2. The smallest absolute Gasteiger partial charge is 0.244 e. The van der Waals surface area contributed by atoms with Gasteiger partial charge in [-0.15, -0.1) is 0 Å². The highest BCUT2D eigenvalue weighted by molar-refractivity contribution is 5.81. The van der Waals surface area contributed by atoms with Crippen LogP contribution in [0.1, 0.15) is 5.56 Å². The summed E-state index contributed by atoms with van der Waals surface area (Å²) in [6.07, 6.45) is 1.87. The largest absolute Gasteiger partial charge is 0.344 e. The number of carbonyl (C=O) groups excluding carboxylic acids is 1. The molecule has 1 aromatic heterocycles. The van der Waals surface area contributed by atoms with Gasteiger partial charge in [0.15, 0.2) is 0 Å². The summed E-state index contributed by atoms with van der Waals surface area (Å²) in [6, 6.07) is 13.3. The van der Waals surface area contributed by atoms with Gasteiger partial charge in [-0.25, -0.2) is 4.39 Å². The minimum absolute atomic E-state index is 0.0563. The third-order valence-electron chi connectivity index (χ3n) is 4.12. The molecule has 0 saturated heterocycles. The van der Waals surface area contributed by atoms with Gasteiger partial charge in [0.25, 0.3) is 0 Å². The number of nitrogens with zero attached hydrogens (tertiary/aromatic N) is 3. The highest BCUT2D eigenvalue weighted by atomic mass is 19.1. The lowest BCUT2D eigenvalue weighted by Crippen LogP contribution is -2.33. The third-order valence-corrected chi connectivity index (χ3v) is 4.12. The van der Waals surface area contributed by atoms with Crippen LogP contribution in [0.2, 0.25) is 0 Å². The van der Waals surface area contributed by atoms with E-state index >= 15 is 0 Å². The van der Waals surface area contributed by atoms with Crippen LogP contribution in [0.15, 0.2) is 59.5 Å². The van der Waals surface area contributed by atoms with Crippen molar-refractivity contribution in [3.8, 4) is 0 Å². The lowest BCUT2D eigenvalue weighted by Gasteiger charge is -2.18. The summed E-state index contributed by atoms with van der Waals surface area (Å²) in [5, 5.41) is 4.61. The number of hydrogen-bond acceptors (Lipinski definition) is 3. The molecular weight excluding hydrogens is 321 g/mol. The molecule has 3 aromatic rings. The van der Waals surface area contributed by atoms with Crippen LogP contribution in [-0.4, -0.2) is 34.2 Å². The fourth-order valence-corrected chi connectivity index (χ4v) is 2.61. The van der Waals surface area contributed by atoms with Crippen molar-refractivity contribution in [3.63, 3.8) is 0 Å². The first-order chi connectivity index (χ1) is 12.0. The highest BCUT2D eigenvalue weighted by Gasteiger charge is 2.12. The standard InChI is InChI=1S/C19H18FN3O2/c1-22(11-10-14-6-8-15(20)9-7-14)19(25)13-23-17-5-3-2-4-16(17)18(24)12-21-23/h2-9,12H,10-11,13H2,1H3. The zero-order valence-corrected chi connectivity index (χ0v) is 13.9. The molecule has 6 heteroatoms. The molecule has 0 aliphatic heterocycles. The normalized spacial score (nSPS) is 10.8. The van der Waals surface area contributed by atoms with Crippen LogP contribution in [0.4, 0.5) is 4.39 Å². The number of benzene rings is 2. The maximum atomic E-state index is 12.9. The summed E-state index contributed by atoms with van der Waals surface area (Å²) in [5.41, 5.74) is 1.44. The van der Waals surface area contributed by atoms with Crippen LogP contribution in [-0.2, 0) is 17.8 Å². The van der Waals surface area contributed by atoms with Gasteiger partial charge in [0.05, 0.1) is 11.7 Å². The molecule has 2 aromatic carbocycles. The average molecular weight is 339 g/mol. The van der Waals surface area contributed by atoms with Crippen molar-refractivity contribution in [2.45, 2.75) is 13.0 Å². The molecule has 3 rings (SSSR count). The maximum absolute atomic E-state index is 12.9. The van der Waals surface area contributed by atoms with Gasteiger partial charge in [-0.3, -0.25) is 14.3 Å². The molecule has 0 unspecified atom stereocenters. The zero-order chi connectivity index (χ0) is 17.8. The second-order valence-electron chi connectivity index (χ2n) is 5.88. The Bertz CT molecular complexity index is 951. The van der Waals surface area contributed by atoms with E-state index in [2.05, 4.69) is 5.10 Å². The Labute approximate surface area is 144 Å². The molecular formula is C19H18FN3O2. The predicted octanol–water partition coefficient (Wildman–Crippen LogP) is 2.24. The lowest BCUT2D eigenvalue weighted by molar-refractivity contribution is -0.130. The molecule has 0 atom stereocenters. The van der Waals surface area contributed by atoms with Gasteiger partial charge in [-0.1, -0.05) is 24.3 Å². The van der Waals surface area contributed by atoms with Crippen molar-refractivity contribution in [3.05, 3.63) is 76.3 Å². The van der Waals surface area contributed by atoms with Crippen LogP contribution in [0.25, 0.3) is 10.9 Å². The summed E-state index contributed by atoms with van der Waals surface area (Å²) < 4.78 is 14.5. The van der Waals surface area contributed by atoms with Crippen molar-refractivity contribution in [1.29, 1.82) is 0 Å². The minimum Gasteiger partial charge on any atom is -0.344 e. The number of rotatable bonds is 5. The Morgan fingerprint density at radius 3 is 2.64 bits per heavy atom.